The van der Waals surface area contributed by atoms with Crippen LogP contribution in [-0.2, 0) is 24.4 Å². The van der Waals surface area contributed by atoms with Gasteiger partial charge in [-0.3, -0.25) is 19.3 Å². The Morgan fingerprint density at radius 3 is 2.50 bits per heavy atom. The molecule has 2 N–H and O–H groups in total. The van der Waals surface area contributed by atoms with Crippen molar-refractivity contribution in [2.75, 3.05) is 18.9 Å². The quantitative estimate of drug-likeness (QED) is 0.719. The fourth-order valence-corrected chi connectivity index (χ4v) is 5.05. The molecule has 0 atom stereocenters. The Balaban J connectivity index is 1.72. The summed E-state index contributed by atoms with van der Waals surface area (Å²) in [6.45, 7) is 1.29. The molecule has 1 heterocycles. The third-order valence-electron chi connectivity index (χ3n) is 5.63. The zero-order valence-electron chi connectivity index (χ0n) is 16.1. The van der Waals surface area contributed by atoms with E-state index in [-0.39, 0.29) is 35.4 Å². The highest BCUT2D eigenvalue weighted by molar-refractivity contribution is 7.89. The Labute approximate surface area is 164 Å². The zero-order chi connectivity index (χ0) is 20.5. The van der Waals surface area contributed by atoms with Crippen molar-refractivity contribution in [3.8, 4) is 0 Å². The Hall–Kier alpha value is -2.26. The van der Waals surface area contributed by atoms with Gasteiger partial charge in [0.05, 0.1) is 10.3 Å². The number of aryl methyl sites for hydroxylation is 1. The van der Waals surface area contributed by atoms with Crippen LogP contribution in [0.1, 0.15) is 44.1 Å². The molecule has 152 valence electrons. The summed E-state index contributed by atoms with van der Waals surface area (Å²) in [6.07, 6.45) is 4.47. The number of carbonyl (C=O) groups is 3. The van der Waals surface area contributed by atoms with Gasteiger partial charge in [-0.1, -0.05) is 25.3 Å². The summed E-state index contributed by atoms with van der Waals surface area (Å²) in [5, 5.41) is 2.59. The largest absolute Gasteiger partial charge is 0.324 e. The van der Waals surface area contributed by atoms with Crippen LogP contribution in [0.4, 0.5) is 5.69 Å². The van der Waals surface area contributed by atoms with Crippen molar-refractivity contribution in [3.63, 3.8) is 0 Å². The molecule has 28 heavy (non-hydrogen) atoms. The Kier molecular flexibility index (Phi) is 5.58. The van der Waals surface area contributed by atoms with Crippen LogP contribution in [0.2, 0.25) is 0 Å². The lowest BCUT2D eigenvalue weighted by molar-refractivity contribution is -0.144. The molecule has 2 fully saturated rings. The number of imide groups is 1. The Morgan fingerprint density at radius 1 is 1.18 bits per heavy atom. The second-order valence-electron chi connectivity index (χ2n) is 7.54. The number of carbonyl (C=O) groups excluding carboxylic acids is 3. The molecular formula is C19H25N3O5S. The van der Waals surface area contributed by atoms with Crippen LogP contribution >= 0.6 is 0 Å². The minimum atomic E-state index is -3.67. The van der Waals surface area contributed by atoms with Gasteiger partial charge in [0.25, 0.3) is 0 Å². The SMILES string of the molecule is CNS(=O)(=O)c1cc(NC(=O)CN2C(=O)CC3(CCCCC3)C2=O)ccc1C. The smallest absolute Gasteiger partial charge is 0.244 e. The molecule has 3 amide bonds. The zero-order valence-corrected chi connectivity index (χ0v) is 16.9. The van der Waals surface area contributed by atoms with Gasteiger partial charge in [0, 0.05) is 12.1 Å². The maximum Gasteiger partial charge on any atom is 0.244 e. The van der Waals surface area contributed by atoms with Crippen molar-refractivity contribution in [3.05, 3.63) is 23.8 Å². The molecule has 0 bridgehead atoms. The van der Waals surface area contributed by atoms with Gasteiger partial charge in [-0.25, -0.2) is 13.1 Å². The van der Waals surface area contributed by atoms with E-state index in [4.69, 9.17) is 0 Å². The van der Waals surface area contributed by atoms with E-state index in [1.54, 1.807) is 19.1 Å². The van der Waals surface area contributed by atoms with Gasteiger partial charge in [0.15, 0.2) is 0 Å². The fraction of sp³-hybridized carbons (Fsp3) is 0.526. The average molecular weight is 407 g/mol. The minimum Gasteiger partial charge on any atom is -0.324 e. The van der Waals surface area contributed by atoms with Gasteiger partial charge in [-0.05, 0) is 44.5 Å². The average Bonchev–Trinajstić information content (AvgIpc) is 2.87. The van der Waals surface area contributed by atoms with Gasteiger partial charge in [-0.15, -0.1) is 0 Å². The lowest BCUT2D eigenvalue weighted by Gasteiger charge is -2.30. The van der Waals surface area contributed by atoms with Crippen molar-refractivity contribution in [2.45, 2.75) is 50.3 Å². The van der Waals surface area contributed by atoms with E-state index in [1.807, 2.05) is 0 Å². The van der Waals surface area contributed by atoms with Crippen molar-refractivity contribution in [1.82, 2.24) is 9.62 Å². The fourth-order valence-electron chi connectivity index (χ4n) is 4.06. The van der Waals surface area contributed by atoms with E-state index < -0.39 is 21.3 Å². The highest BCUT2D eigenvalue weighted by atomic mass is 32.2. The Morgan fingerprint density at radius 2 is 1.86 bits per heavy atom. The van der Waals surface area contributed by atoms with E-state index in [0.717, 1.165) is 24.2 Å². The van der Waals surface area contributed by atoms with E-state index in [1.165, 1.54) is 13.1 Å². The van der Waals surface area contributed by atoms with E-state index in [9.17, 15) is 22.8 Å². The Bertz CT molecular complexity index is 919. The second kappa shape index (κ2) is 7.63. The third-order valence-corrected chi connectivity index (χ3v) is 7.19. The van der Waals surface area contributed by atoms with Crippen LogP contribution in [0, 0.1) is 12.3 Å². The highest BCUT2D eigenvalue weighted by Gasteiger charge is 2.51. The number of nitrogens with one attached hydrogen (secondary N) is 2. The molecular weight excluding hydrogens is 382 g/mol. The first kappa shape index (κ1) is 20.5. The molecule has 2 aliphatic rings. The number of rotatable bonds is 5. The van der Waals surface area contributed by atoms with Gasteiger partial charge in [0.2, 0.25) is 27.7 Å². The third kappa shape index (κ3) is 3.81. The van der Waals surface area contributed by atoms with Crippen LogP contribution in [0.3, 0.4) is 0 Å². The molecule has 1 saturated carbocycles. The molecule has 1 aliphatic carbocycles. The predicted molar refractivity (Wildman–Crippen MR) is 103 cm³/mol. The number of nitrogens with zero attached hydrogens (tertiary/aromatic N) is 1. The summed E-state index contributed by atoms with van der Waals surface area (Å²) in [7, 11) is -2.35. The van der Waals surface area contributed by atoms with Gasteiger partial charge in [-0.2, -0.15) is 0 Å². The summed E-state index contributed by atoms with van der Waals surface area (Å²) in [4.78, 5) is 38.7. The number of amides is 3. The molecule has 1 spiro atoms. The number of hydrogen-bond donors (Lipinski definition) is 2. The second-order valence-corrected chi connectivity index (χ2v) is 9.39. The molecule has 0 unspecified atom stereocenters. The molecule has 1 aromatic carbocycles. The lowest BCUT2D eigenvalue weighted by Crippen LogP contribution is -2.41. The normalized spacial score (nSPS) is 19.3. The van der Waals surface area contributed by atoms with Crippen LogP contribution in [-0.4, -0.2) is 44.6 Å². The first-order chi connectivity index (χ1) is 13.2. The van der Waals surface area contributed by atoms with E-state index in [2.05, 4.69) is 10.0 Å². The maximum atomic E-state index is 12.8. The van der Waals surface area contributed by atoms with E-state index >= 15 is 0 Å². The number of sulfonamides is 1. The minimum absolute atomic E-state index is 0.0577. The maximum absolute atomic E-state index is 12.8. The molecule has 0 radical (unpaired) electrons. The van der Waals surface area contributed by atoms with Crippen molar-refractivity contribution in [1.29, 1.82) is 0 Å². The lowest BCUT2D eigenvalue weighted by atomic mass is 9.73. The molecule has 0 aromatic heterocycles. The number of likely N-dealkylation sites (tertiary alicyclic amines) is 1. The molecule has 1 saturated heterocycles. The predicted octanol–water partition coefficient (Wildman–Crippen LogP) is 1.55. The first-order valence-electron chi connectivity index (χ1n) is 9.37. The molecule has 8 nitrogen and oxygen atoms in total. The van der Waals surface area contributed by atoms with E-state index in [0.29, 0.717) is 18.4 Å². The summed E-state index contributed by atoms with van der Waals surface area (Å²) < 4.78 is 26.4. The summed E-state index contributed by atoms with van der Waals surface area (Å²) in [6, 6.07) is 4.52. The standard InChI is InChI=1S/C19H25N3O5S/c1-13-6-7-14(10-15(13)28(26,27)20-2)21-16(23)12-22-17(24)11-19(18(22)25)8-4-3-5-9-19/h6-7,10,20H,3-5,8-9,11-12H2,1-2H3,(H,21,23). The van der Waals surface area contributed by atoms with Gasteiger partial charge >= 0.3 is 0 Å². The molecule has 1 aliphatic heterocycles. The molecule has 9 heteroatoms. The molecule has 1 aromatic rings. The monoisotopic (exact) mass is 407 g/mol. The number of anilines is 1. The van der Waals surface area contributed by atoms with Crippen LogP contribution in [0.25, 0.3) is 0 Å². The van der Waals surface area contributed by atoms with Crippen LogP contribution in [0.5, 0.6) is 0 Å². The van der Waals surface area contributed by atoms with Crippen molar-refractivity contribution in [2.24, 2.45) is 5.41 Å². The van der Waals surface area contributed by atoms with Crippen LogP contribution < -0.4 is 10.0 Å². The van der Waals surface area contributed by atoms with Crippen molar-refractivity contribution < 1.29 is 22.8 Å². The number of hydrogen-bond acceptors (Lipinski definition) is 5. The van der Waals surface area contributed by atoms with Gasteiger partial charge < -0.3 is 5.32 Å². The van der Waals surface area contributed by atoms with Crippen LogP contribution in [0.15, 0.2) is 23.1 Å². The van der Waals surface area contributed by atoms with Gasteiger partial charge in [0.1, 0.15) is 6.54 Å². The summed E-state index contributed by atoms with van der Waals surface area (Å²) >= 11 is 0. The molecule has 3 rings (SSSR count). The topological polar surface area (TPSA) is 113 Å². The number of benzene rings is 1. The summed E-state index contributed by atoms with van der Waals surface area (Å²) in [5.41, 5.74) is 0.195. The first-order valence-corrected chi connectivity index (χ1v) is 10.9. The summed E-state index contributed by atoms with van der Waals surface area (Å²) in [5.74, 6) is -1.11. The highest BCUT2D eigenvalue weighted by Crippen LogP contribution is 2.45. The van der Waals surface area contributed by atoms with Crippen molar-refractivity contribution >= 4 is 33.4 Å².